The first kappa shape index (κ1) is 16.1. The fraction of sp³-hybridized carbons (Fsp3) is 0.333. The van der Waals surface area contributed by atoms with Crippen molar-refractivity contribution in [1.29, 1.82) is 0 Å². The van der Waals surface area contributed by atoms with Crippen molar-refractivity contribution < 1.29 is 14.3 Å². The van der Waals surface area contributed by atoms with E-state index in [2.05, 4.69) is 15.6 Å². The maximum absolute atomic E-state index is 12.4. The van der Waals surface area contributed by atoms with Crippen molar-refractivity contribution >= 4 is 22.4 Å². The van der Waals surface area contributed by atoms with Crippen LogP contribution < -0.4 is 20.1 Å². The normalized spacial score (nSPS) is 10.1. The Labute approximate surface area is 133 Å². The second-order valence-electron chi connectivity index (χ2n) is 4.44. The Morgan fingerprint density at radius 1 is 1.27 bits per heavy atom. The number of nitrogens with one attached hydrogen (secondary N) is 2. The number of hydrogen-bond donors (Lipinski definition) is 2. The molecule has 0 aliphatic heterocycles. The van der Waals surface area contributed by atoms with Crippen molar-refractivity contribution in [2.24, 2.45) is 0 Å². The van der Waals surface area contributed by atoms with Crippen LogP contribution in [0.5, 0.6) is 11.5 Å². The van der Waals surface area contributed by atoms with Crippen LogP contribution in [0.1, 0.15) is 16.1 Å². The van der Waals surface area contributed by atoms with Crippen molar-refractivity contribution in [1.82, 2.24) is 10.3 Å². The molecule has 2 aromatic rings. The van der Waals surface area contributed by atoms with Crippen LogP contribution in [0.4, 0.5) is 5.13 Å². The zero-order valence-electron chi connectivity index (χ0n) is 12.8. The van der Waals surface area contributed by atoms with E-state index >= 15 is 0 Å². The minimum absolute atomic E-state index is 0.224. The standard InChI is InChI=1S/C15H19N3O3S/c1-16-15-18-10(9-22-15)7-8-17-14(19)13-11(20-2)5-4-6-12(13)21-3/h4-6,9H,7-8H2,1-3H3,(H,16,18)(H,17,19). The topological polar surface area (TPSA) is 72.5 Å². The highest BCUT2D eigenvalue weighted by Gasteiger charge is 2.17. The van der Waals surface area contributed by atoms with E-state index < -0.39 is 0 Å². The monoisotopic (exact) mass is 321 g/mol. The quantitative estimate of drug-likeness (QED) is 0.818. The van der Waals surface area contributed by atoms with Gasteiger partial charge in [0, 0.05) is 25.4 Å². The third-order valence-corrected chi connectivity index (χ3v) is 4.00. The largest absolute Gasteiger partial charge is 0.496 e. The lowest BCUT2D eigenvalue weighted by atomic mass is 10.1. The number of benzene rings is 1. The van der Waals surface area contributed by atoms with Gasteiger partial charge in [-0.05, 0) is 12.1 Å². The molecule has 0 radical (unpaired) electrons. The average molecular weight is 321 g/mol. The van der Waals surface area contributed by atoms with Crippen LogP contribution in [0.3, 0.4) is 0 Å². The van der Waals surface area contributed by atoms with E-state index in [0.29, 0.717) is 30.0 Å². The van der Waals surface area contributed by atoms with Gasteiger partial charge in [-0.3, -0.25) is 4.79 Å². The van der Waals surface area contributed by atoms with Crippen molar-refractivity contribution in [3.05, 3.63) is 34.8 Å². The molecular formula is C15H19N3O3S. The van der Waals surface area contributed by atoms with Crippen molar-refractivity contribution in [3.8, 4) is 11.5 Å². The third-order valence-electron chi connectivity index (χ3n) is 3.09. The molecule has 1 amide bonds. The second-order valence-corrected chi connectivity index (χ2v) is 5.30. The summed E-state index contributed by atoms with van der Waals surface area (Å²) in [5.74, 6) is 0.754. The summed E-state index contributed by atoms with van der Waals surface area (Å²) < 4.78 is 10.5. The summed E-state index contributed by atoms with van der Waals surface area (Å²) >= 11 is 1.54. The second kappa shape index (κ2) is 7.65. The van der Waals surface area contributed by atoms with Gasteiger partial charge in [0.1, 0.15) is 17.1 Å². The van der Waals surface area contributed by atoms with Crippen molar-refractivity contribution in [2.75, 3.05) is 33.1 Å². The molecule has 1 aromatic carbocycles. The zero-order valence-corrected chi connectivity index (χ0v) is 13.6. The Balaban J connectivity index is 2.00. The molecule has 2 rings (SSSR count). The number of nitrogens with zero attached hydrogens (tertiary/aromatic N) is 1. The number of carbonyl (C=O) groups excluding carboxylic acids is 1. The number of hydrogen-bond acceptors (Lipinski definition) is 6. The lowest BCUT2D eigenvalue weighted by Gasteiger charge is -2.12. The summed E-state index contributed by atoms with van der Waals surface area (Å²) in [4.78, 5) is 16.7. The minimum atomic E-state index is -0.224. The highest BCUT2D eigenvalue weighted by atomic mass is 32.1. The fourth-order valence-electron chi connectivity index (χ4n) is 2.00. The molecule has 1 heterocycles. The van der Waals surface area contributed by atoms with E-state index in [-0.39, 0.29) is 5.91 Å². The predicted molar refractivity (Wildman–Crippen MR) is 87.2 cm³/mol. The highest BCUT2D eigenvalue weighted by molar-refractivity contribution is 7.13. The molecule has 6 nitrogen and oxygen atoms in total. The van der Waals surface area contributed by atoms with Gasteiger partial charge in [-0.25, -0.2) is 4.98 Å². The Hall–Kier alpha value is -2.28. The van der Waals surface area contributed by atoms with E-state index in [1.165, 1.54) is 14.2 Å². The number of anilines is 1. The molecule has 0 saturated carbocycles. The Morgan fingerprint density at radius 3 is 2.50 bits per heavy atom. The lowest BCUT2D eigenvalue weighted by molar-refractivity contribution is 0.0948. The Bertz CT molecular complexity index is 620. The molecule has 1 aromatic heterocycles. The van der Waals surface area contributed by atoms with E-state index in [9.17, 15) is 4.79 Å². The number of carbonyl (C=O) groups is 1. The van der Waals surface area contributed by atoms with Crippen LogP contribution in [0, 0.1) is 0 Å². The summed E-state index contributed by atoms with van der Waals surface area (Å²) in [6.45, 7) is 0.493. The van der Waals surface area contributed by atoms with Crippen LogP contribution in [-0.2, 0) is 6.42 Å². The van der Waals surface area contributed by atoms with Crippen molar-refractivity contribution in [2.45, 2.75) is 6.42 Å². The van der Waals surface area contributed by atoms with Crippen LogP contribution in [-0.4, -0.2) is 38.7 Å². The van der Waals surface area contributed by atoms with Gasteiger partial charge in [0.15, 0.2) is 5.13 Å². The van der Waals surface area contributed by atoms with Gasteiger partial charge < -0.3 is 20.1 Å². The zero-order chi connectivity index (χ0) is 15.9. The van der Waals surface area contributed by atoms with Crippen LogP contribution in [0.25, 0.3) is 0 Å². The van der Waals surface area contributed by atoms with Gasteiger partial charge in [0.05, 0.1) is 19.9 Å². The molecular weight excluding hydrogens is 302 g/mol. The van der Waals surface area contributed by atoms with E-state index in [1.807, 2.05) is 12.4 Å². The van der Waals surface area contributed by atoms with Crippen molar-refractivity contribution in [3.63, 3.8) is 0 Å². The summed E-state index contributed by atoms with van der Waals surface area (Å²) in [6.07, 6.45) is 0.668. The Kier molecular flexibility index (Phi) is 5.60. The molecule has 118 valence electrons. The SMILES string of the molecule is CNc1nc(CCNC(=O)c2c(OC)cccc2OC)cs1. The number of aromatic nitrogens is 1. The summed E-state index contributed by atoms with van der Waals surface area (Å²) in [7, 11) is 4.89. The van der Waals surface area contributed by atoms with E-state index in [0.717, 1.165) is 10.8 Å². The number of ether oxygens (including phenoxy) is 2. The smallest absolute Gasteiger partial charge is 0.258 e. The first-order chi connectivity index (χ1) is 10.7. The molecule has 0 atom stereocenters. The minimum Gasteiger partial charge on any atom is -0.496 e. The van der Waals surface area contributed by atoms with Crippen LogP contribution in [0.15, 0.2) is 23.6 Å². The third kappa shape index (κ3) is 3.67. The molecule has 0 unspecified atom stereocenters. The lowest BCUT2D eigenvalue weighted by Crippen LogP contribution is -2.26. The summed E-state index contributed by atoms with van der Waals surface area (Å²) in [5.41, 5.74) is 1.35. The number of amides is 1. The van der Waals surface area contributed by atoms with Gasteiger partial charge in [-0.2, -0.15) is 0 Å². The van der Waals surface area contributed by atoms with Gasteiger partial charge >= 0.3 is 0 Å². The molecule has 0 fully saturated rings. The van der Waals surface area contributed by atoms with E-state index in [4.69, 9.17) is 9.47 Å². The molecule has 22 heavy (non-hydrogen) atoms. The first-order valence-corrected chi connectivity index (χ1v) is 7.69. The number of thiazole rings is 1. The summed E-state index contributed by atoms with van der Waals surface area (Å²) in [5, 5.41) is 8.70. The van der Waals surface area contributed by atoms with Crippen LogP contribution >= 0.6 is 11.3 Å². The van der Waals surface area contributed by atoms with Gasteiger partial charge in [-0.1, -0.05) is 6.07 Å². The average Bonchev–Trinajstić information content (AvgIpc) is 3.01. The number of rotatable bonds is 7. The highest BCUT2D eigenvalue weighted by Crippen LogP contribution is 2.27. The van der Waals surface area contributed by atoms with Crippen LogP contribution in [0.2, 0.25) is 0 Å². The van der Waals surface area contributed by atoms with E-state index in [1.54, 1.807) is 29.5 Å². The first-order valence-electron chi connectivity index (χ1n) is 6.81. The molecule has 0 aliphatic carbocycles. The van der Waals surface area contributed by atoms with Gasteiger partial charge in [-0.15, -0.1) is 11.3 Å². The maximum atomic E-state index is 12.4. The molecule has 0 saturated heterocycles. The molecule has 0 aliphatic rings. The van der Waals surface area contributed by atoms with Gasteiger partial charge in [0.2, 0.25) is 0 Å². The maximum Gasteiger partial charge on any atom is 0.258 e. The van der Waals surface area contributed by atoms with Gasteiger partial charge in [0.25, 0.3) is 5.91 Å². The molecule has 0 bridgehead atoms. The molecule has 0 spiro atoms. The number of methoxy groups -OCH3 is 2. The molecule has 7 heteroatoms. The predicted octanol–water partition coefficient (Wildman–Crippen LogP) is 2.17. The Morgan fingerprint density at radius 2 is 1.95 bits per heavy atom. The fourth-order valence-corrected chi connectivity index (χ4v) is 2.71. The molecule has 2 N–H and O–H groups in total. The summed E-state index contributed by atoms with van der Waals surface area (Å²) in [6, 6.07) is 5.25.